The monoisotopic (exact) mass is 525 g/mol. The van der Waals surface area contributed by atoms with Gasteiger partial charge in [0.05, 0.1) is 5.69 Å². The van der Waals surface area contributed by atoms with E-state index < -0.39 is 0 Å². The molecule has 0 spiro atoms. The fourth-order valence-corrected chi connectivity index (χ4v) is 2.64. The van der Waals surface area contributed by atoms with Crippen molar-refractivity contribution >= 4 is 72.9 Å². The van der Waals surface area contributed by atoms with E-state index in [1.807, 2.05) is 24.3 Å². The molecule has 0 saturated carbocycles. The van der Waals surface area contributed by atoms with Gasteiger partial charge in [-0.25, -0.2) is 4.98 Å². The van der Waals surface area contributed by atoms with Gasteiger partial charge in [-0.15, -0.1) is 62.0 Å². The van der Waals surface area contributed by atoms with Gasteiger partial charge in [0.2, 0.25) is 0 Å². The number of benzene rings is 1. The third-order valence-electron chi connectivity index (χ3n) is 4.03. The smallest absolute Gasteiger partial charge is 0.141 e. The van der Waals surface area contributed by atoms with Crippen LogP contribution in [0.4, 0.5) is 0 Å². The molecular weight excluding hydrogens is 492 g/mol. The Hall–Kier alpha value is -0.280. The van der Waals surface area contributed by atoms with Gasteiger partial charge in [0, 0.05) is 11.9 Å². The number of pyridine rings is 1. The van der Waals surface area contributed by atoms with E-state index in [1.54, 1.807) is 6.07 Å². The maximum atomic E-state index is 9.87. The van der Waals surface area contributed by atoms with Crippen molar-refractivity contribution in [1.29, 1.82) is 0 Å². The summed E-state index contributed by atoms with van der Waals surface area (Å²) in [7, 11) is 0. The Morgan fingerprint density at radius 3 is 1.90 bits per heavy atom. The van der Waals surface area contributed by atoms with Gasteiger partial charge in [0.15, 0.2) is 0 Å². The number of rotatable bonds is 13. The minimum atomic E-state index is 0. The average Bonchev–Trinajstić information content (AvgIpc) is 2.63. The fourth-order valence-electron chi connectivity index (χ4n) is 2.64. The number of hydrogen-bond acceptors (Lipinski definition) is 6. The zero-order valence-corrected chi connectivity index (χ0v) is 21.1. The summed E-state index contributed by atoms with van der Waals surface area (Å²) in [6.07, 6.45) is 3.27. The molecule has 1 aromatic carbocycles. The number of nitrogens with two attached hydrogens (primary N) is 1. The van der Waals surface area contributed by atoms with Crippen LogP contribution in [0.25, 0.3) is 10.9 Å². The number of halogens is 5. The van der Waals surface area contributed by atoms with E-state index in [2.05, 4.69) is 20.9 Å². The lowest BCUT2D eigenvalue weighted by Gasteiger charge is -2.08. The van der Waals surface area contributed by atoms with Gasteiger partial charge in [-0.2, -0.15) is 0 Å². The second kappa shape index (κ2) is 23.4. The first-order chi connectivity index (χ1) is 12.3. The molecule has 6 nitrogen and oxygen atoms in total. The standard InChI is InChI=1S/C19H31N5O.5ClH/c20-9-2-10-21-11-3-12-22-13-4-14-23-15-17-8-7-16-5-1-6-18(25)19(16)24-17;;;;;/h1,5-8,21-23,25H,2-4,9-15,20H2;5*1H. The van der Waals surface area contributed by atoms with Crippen molar-refractivity contribution in [2.24, 2.45) is 5.73 Å². The Kier molecular flexibility index (Phi) is 28.9. The predicted molar refractivity (Wildman–Crippen MR) is 140 cm³/mol. The predicted octanol–water partition coefficient (Wildman–Crippen LogP) is 3.45. The molecule has 1 aromatic heterocycles. The lowest BCUT2D eigenvalue weighted by atomic mass is 10.2. The van der Waals surface area contributed by atoms with Crippen LogP contribution >= 0.6 is 62.0 Å². The molecule has 30 heavy (non-hydrogen) atoms. The van der Waals surface area contributed by atoms with Crippen molar-refractivity contribution in [3.05, 3.63) is 36.0 Å². The highest BCUT2D eigenvalue weighted by atomic mass is 35.5. The van der Waals surface area contributed by atoms with Crippen LogP contribution in [0.5, 0.6) is 5.75 Å². The van der Waals surface area contributed by atoms with E-state index in [9.17, 15) is 5.11 Å². The highest BCUT2D eigenvalue weighted by molar-refractivity contribution is 5.86. The van der Waals surface area contributed by atoms with E-state index in [0.29, 0.717) is 5.52 Å². The number of aromatic hydroxyl groups is 1. The lowest BCUT2D eigenvalue weighted by molar-refractivity contribution is 0.480. The third-order valence-corrected chi connectivity index (χ3v) is 4.03. The van der Waals surface area contributed by atoms with Crippen molar-refractivity contribution in [3.63, 3.8) is 0 Å². The molecule has 0 aliphatic heterocycles. The van der Waals surface area contributed by atoms with E-state index in [-0.39, 0.29) is 67.8 Å². The number of aromatic nitrogens is 1. The Morgan fingerprint density at radius 1 is 0.733 bits per heavy atom. The molecule has 11 heteroatoms. The summed E-state index contributed by atoms with van der Waals surface area (Å²) in [5, 5.41) is 21.1. The van der Waals surface area contributed by atoms with Crippen molar-refractivity contribution in [3.8, 4) is 5.75 Å². The average molecular weight is 528 g/mol. The van der Waals surface area contributed by atoms with Crippen molar-refractivity contribution < 1.29 is 5.11 Å². The molecule has 0 atom stereocenters. The zero-order chi connectivity index (χ0) is 17.7. The minimum absolute atomic E-state index is 0. The summed E-state index contributed by atoms with van der Waals surface area (Å²) in [6, 6.07) is 9.47. The highest BCUT2D eigenvalue weighted by Gasteiger charge is 2.02. The summed E-state index contributed by atoms with van der Waals surface area (Å²) in [4.78, 5) is 4.52. The second-order valence-electron chi connectivity index (χ2n) is 6.18. The summed E-state index contributed by atoms with van der Waals surface area (Å²) in [5.41, 5.74) is 7.06. The first-order valence-electron chi connectivity index (χ1n) is 9.21. The Bertz CT molecular complexity index is 639. The largest absolute Gasteiger partial charge is 0.506 e. The molecular formula is C19H36Cl5N5O. The van der Waals surface area contributed by atoms with Crippen molar-refractivity contribution in [2.75, 3.05) is 39.3 Å². The molecule has 0 amide bonds. The van der Waals surface area contributed by atoms with Crippen LogP contribution < -0.4 is 21.7 Å². The summed E-state index contributed by atoms with van der Waals surface area (Å²) in [6.45, 7) is 6.54. The molecule has 0 aliphatic carbocycles. The number of phenolic OH excluding ortho intramolecular Hbond substituents is 1. The first-order valence-corrected chi connectivity index (χ1v) is 9.21. The molecule has 2 rings (SSSR count). The molecule has 2 aromatic rings. The number of para-hydroxylation sites is 1. The Balaban J connectivity index is -0.000000676. The highest BCUT2D eigenvalue weighted by Crippen LogP contribution is 2.22. The van der Waals surface area contributed by atoms with Gasteiger partial charge in [-0.05, 0) is 70.7 Å². The number of hydrogen-bond donors (Lipinski definition) is 5. The van der Waals surface area contributed by atoms with Crippen molar-refractivity contribution in [2.45, 2.75) is 25.8 Å². The van der Waals surface area contributed by atoms with E-state index >= 15 is 0 Å². The maximum Gasteiger partial charge on any atom is 0.141 e. The van der Waals surface area contributed by atoms with Crippen LogP contribution in [0.15, 0.2) is 30.3 Å². The van der Waals surface area contributed by atoms with E-state index in [1.165, 1.54) is 0 Å². The summed E-state index contributed by atoms with van der Waals surface area (Å²) < 4.78 is 0. The Morgan fingerprint density at radius 2 is 1.30 bits per heavy atom. The zero-order valence-electron chi connectivity index (χ0n) is 17.0. The molecule has 178 valence electrons. The van der Waals surface area contributed by atoms with Crippen LogP contribution in [-0.2, 0) is 6.54 Å². The number of nitrogens with one attached hydrogen (secondary N) is 3. The van der Waals surface area contributed by atoms with Crippen LogP contribution in [-0.4, -0.2) is 49.4 Å². The van der Waals surface area contributed by atoms with Gasteiger partial charge >= 0.3 is 0 Å². The number of fused-ring (bicyclic) bond motifs is 1. The topological polar surface area (TPSA) is 95.2 Å². The fraction of sp³-hybridized carbons (Fsp3) is 0.526. The van der Waals surface area contributed by atoms with Crippen LogP contribution in [0.2, 0.25) is 0 Å². The Labute approximate surface area is 211 Å². The van der Waals surface area contributed by atoms with Crippen LogP contribution in [0.3, 0.4) is 0 Å². The first kappa shape index (κ1) is 37.1. The molecule has 0 radical (unpaired) electrons. The molecule has 6 N–H and O–H groups in total. The minimum Gasteiger partial charge on any atom is -0.506 e. The number of phenols is 1. The quantitative estimate of drug-likeness (QED) is 0.256. The van der Waals surface area contributed by atoms with Gasteiger partial charge in [-0.1, -0.05) is 18.2 Å². The summed E-state index contributed by atoms with van der Waals surface area (Å²) in [5.74, 6) is 0.237. The second-order valence-corrected chi connectivity index (χ2v) is 6.18. The SMILES string of the molecule is Cl.Cl.Cl.Cl.Cl.NCCCNCCCNCCCNCc1ccc2cccc(O)c2n1. The molecule has 1 heterocycles. The van der Waals surface area contributed by atoms with Crippen LogP contribution in [0, 0.1) is 0 Å². The molecule has 0 fully saturated rings. The summed E-state index contributed by atoms with van der Waals surface area (Å²) >= 11 is 0. The molecule has 0 bridgehead atoms. The molecule has 0 saturated heterocycles. The lowest BCUT2D eigenvalue weighted by Crippen LogP contribution is -2.26. The van der Waals surface area contributed by atoms with Crippen LogP contribution in [0.1, 0.15) is 25.0 Å². The molecule has 0 unspecified atom stereocenters. The van der Waals surface area contributed by atoms with Gasteiger partial charge < -0.3 is 26.8 Å². The van der Waals surface area contributed by atoms with Gasteiger partial charge in [-0.3, -0.25) is 0 Å². The maximum absolute atomic E-state index is 9.87. The normalized spacial score (nSPS) is 9.37. The van der Waals surface area contributed by atoms with Gasteiger partial charge in [0.1, 0.15) is 11.3 Å². The van der Waals surface area contributed by atoms with E-state index in [4.69, 9.17) is 5.73 Å². The molecule has 0 aliphatic rings. The van der Waals surface area contributed by atoms with Gasteiger partial charge in [0.25, 0.3) is 0 Å². The van der Waals surface area contributed by atoms with Crippen molar-refractivity contribution in [1.82, 2.24) is 20.9 Å². The third kappa shape index (κ3) is 14.7. The van der Waals surface area contributed by atoms with E-state index in [0.717, 1.165) is 76.2 Å². The number of nitrogens with zero attached hydrogens (tertiary/aromatic N) is 1.